The summed E-state index contributed by atoms with van der Waals surface area (Å²) in [6.07, 6.45) is 1.21. The maximum atomic E-state index is 11.8. The number of carboxylic acids is 1. The lowest BCUT2D eigenvalue weighted by Gasteiger charge is -2.36. The Labute approximate surface area is 124 Å². The van der Waals surface area contributed by atoms with E-state index < -0.39 is 11.5 Å². The van der Waals surface area contributed by atoms with Gasteiger partial charge in [0.15, 0.2) is 5.54 Å². The lowest BCUT2D eigenvalue weighted by Crippen LogP contribution is -2.49. The normalized spacial score (nSPS) is 13.1. The minimum Gasteiger partial charge on any atom is -0.497 e. The predicted octanol–water partition coefficient (Wildman–Crippen LogP) is 1.87. The highest BCUT2D eigenvalue weighted by Gasteiger charge is 2.43. The second-order valence-corrected chi connectivity index (χ2v) is 4.74. The quantitative estimate of drug-likeness (QED) is 0.741. The standard InChI is InChI=1S/C15H21NO5/c1-5-8-16(10-17)15(2,14(18)19)12-7-6-11(20-3)9-13(12)21-4/h6-7,9-10H,5,8H2,1-4H3,(H,18,19). The first-order valence-corrected chi connectivity index (χ1v) is 6.63. The van der Waals surface area contributed by atoms with Crippen LogP contribution in [-0.2, 0) is 15.1 Å². The molecule has 1 aromatic carbocycles. The van der Waals surface area contributed by atoms with Crippen LogP contribution in [0.4, 0.5) is 0 Å². The van der Waals surface area contributed by atoms with Crippen molar-refractivity contribution in [1.82, 2.24) is 4.90 Å². The van der Waals surface area contributed by atoms with Crippen molar-refractivity contribution in [3.63, 3.8) is 0 Å². The van der Waals surface area contributed by atoms with E-state index in [4.69, 9.17) is 9.47 Å². The zero-order chi connectivity index (χ0) is 16.0. The van der Waals surface area contributed by atoms with Gasteiger partial charge in [0, 0.05) is 18.2 Å². The number of methoxy groups -OCH3 is 2. The van der Waals surface area contributed by atoms with Crippen molar-refractivity contribution in [2.75, 3.05) is 20.8 Å². The summed E-state index contributed by atoms with van der Waals surface area (Å²) in [5.41, 5.74) is -1.10. The van der Waals surface area contributed by atoms with Crippen LogP contribution in [0.5, 0.6) is 11.5 Å². The molecule has 0 bridgehead atoms. The lowest BCUT2D eigenvalue weighted by molar-refractivity contribution is -0.155. The second-order valence-electron chi connectivity index (χ2n) is 4.74. The summed E-state index contributed by atoms with van der Waals surface area (Å²) >= 11 is 0. The topological polar surface area (TPSA) is 76.1 Å². The molecule has 0 fully saturated rings. The number of benzene rings is 1. The molecule has 0 aliphatic heterocycles. The first-order valence-electron chi connectivity index (χ1n) is 6.63. The second kappa shape index (κ2) is 6.97. The average Bonchev–Trinajstić information content (AvgIpc) is 2.50. The van der Waals surface area contributed by atoms with Crippen LogP contribution in [0.1, 0.15) is 25.8 Å². The molecule has 0 saturated heterocycles. The number of carboxylic acid groups (broad SMARTS) is 1. The molecule has 0 spiro atoms. The van der Waals surface area contributed by atoms with Gasteiger partial charge in [-0.15, -0.1) is 0 Å². The SMILES string of the molecule is CCCN(C=O)C(C)(C(=O)O)c1ccc(OC)cc1OC. The van der Waals surface area contributed by atoms with E-state index in [-0.39, 0.29) is 0 Å². The number of rotatable bonds is 8. The van der Waals surface area contributed by atoms with Gasteiger partial charge in [-0.3, -0.25) is 4.79 Å². The zero-order valence-electron chi connectivity index (χ0n) is 12.8. The number of nitrogens with zero attached hydrogens (tertiary/aromatic N) is 1. The third-order valence-corrected chi connectivity index (χ3v) is 3.52. The Kier molecular flexibility index (Phi) is 5.58. The van der Waals surface area contributed by atoms with Crippen LogP contribution in [-0.4, -0.2) is 43.2 Å². The van der Waals surface area contributed by atoms with Crippen LogP contribution in [0.25, 0.3) is 0 Å². The monoisotopic (exact) mass is 295 g/mol. The third kappa shape index (κ3) is 3.09. The van der Waals surface area contributed by atoms with Gasteiger partial charge in [-0.2, -0.15) is 0 Å². The highest BCUT2D eigenvalue weighted by molar-refractivity contribution is 5.84. The predicted molar refractivity (Wildman–Crippen MR) is 77.6 cm³/mol. The zero-order valence-corrected chi connectivity index (χ0v) is 12.8. The summed E-state index contributed by atoms with van der Waals surface area (Å²) in [5, 5.41) is 9.67. The summed E-state index contributed by atoms with van der Waals surface area (Å²) < 4.78 is 10.4. The lowest BCUT2D eigenvalue weighted by atomic mass is 9.89. The molecule has 1 aromatic rings. The number of hydrogen-bond acceptors (Lipinski definition) is 4. The van der Waals surface area contributed by atoms with Crippen LogP contribution in [0.15, 0.2) is 18.2 Å². The maximum Gasteiger partial charge on any atom is 0.334 e. The maximum absolute atomic E-state index is 11.8. The number of ether oxygens (including phenoxy) is 2. The van der Waals surface area contributed by atoms with E-state index >= 15 is 0 Å². The molecule has 1 N–H and O–H groups in total. The van der Waals surface area contributed by atoms with Gasteiger partial charge in [-0.25, -0.2) is 4.79 Å². The number of carbonyl (C=O) groups excluding carboxylic acids is 1. The van der Waals surface area contributed by atoms with Crippen LogP contribution >= 0.6 is 0 Å². The van der Waals surface area contributed by atoms with Crippen molar-refractivity contribution >= 4 is 12.4 Å². The number of amides is 1. The van der Waals surface area contributed by atoms with Crippen molar-refractivity contribution in [1.29, 1.82) is 0 Å². The molecular formula is C15H21NO5. The van der Waals surface area contributed by atoms with Gasteiger partial charge in [0.2, 0.25) is 6.41 Å². The third-order valence-electron chi connectivity index (χ3n) is 3.52. The van der Waals surface area contributed by atoms with E-state index in [2.05, 4.69) is 0 Å². The smallest absolute Gasteiger partial charge is 0.334 e. The van der Waals surface area contributed by atoms with E-state index in [1.165, 1.54) is 26.0 Å². The number of carbonyl (C=O) groups is 2. The van der Waals surface area contributed by atoms with Gasteiger partial charge < -0.3 is 19.5 Å². The molecule has 1 unspecified atom stereocenters. The highest BCUT2D eigenvalue weighted by Crippen LogP contribution is 2.37. The van der Waals surface area contributed by atoms with Crippen molar-refractivity contribution in [2.24, 2.45) is 0 Å². The van der Waals surface area contributed by atoms with E-state index in [1.807, 2.05) is 6.92 Å². The molecule has 0 saturated carbocycles. The van der Waals surface area contributed by atoms with Gasteiger partial charge in [0.25, 0.3) is 0 Å². The molecule has 0 radical (unpaired) electrons. The summed E-state index contributed by atoms with van der Waals surface area (Å²) in [6.45, 7) is 3.70. The van der Waals surface area contributed by atoms with Crippen LogP contribution in [0, 0.1) is 0 Å². The molecule has 1 amide bonds. The Hall–Kier alpha value is -2.24. The van der Waals surface area contributed by atoms with Gasteiger partial charge in [-0.05, 0) is 25.5 Å². The van der Waals surface area contributed by atoms with Crippen LogP contribution in [0.3, 0.4) is 0 Å². The molecule has 21 heavy (non-hydrogen) atoms. The van der Waals surface area contributed by atoms with Gasteiger partial charge in [0.1, 0.15) is 11.5 Å². The van der Waals surface area contributed by atoms with Crippen molar-refractivity contribution in [2.45, 2.75) is 25.8 Å². The molecule has 1 rings (SSSR count). The first kappa shape index (κ1) is 16.8. The minimum atomic E-state index is -1.50. The summed E-state index contributed by atoms with van der Waals surface area (Å²) in [4.78, 5) is 24.4. The summed E-state index contributed by atoms with van der Waals surface area (Å²) in [7, 11) is 2.96. The van der Waals surface area contributed by atoms with Crippen molar-refractivity contribution in [3.8, 4) is 11.5 Å². The minimum absolute atomic E-state index is 0.335. The molecule has 0 aliphatic rings. The van der Waals surface area contributed by atoms with Gasteiger partial charge >= 0.3 is 5.97 Å². The molecule has 116 valence electrons. The van der Waals surface area contributed by atoms with E-state index in [0.29, 0.717) is 36.4 Å². The fourth-order valence-electron chi connectivity index (χ4n) is 2.22. The molecule has 1 atom stereocenters. The molecule has 0 aliphatic carbocycles. The average molecular weight is 295 g/mol. The summed E-state index contributed by atoms with van der Waals surface area (Å²) in [5.74, 6) is -0.204. The Morgan fingerprint density at radius 3 is 2.48 bits per heavy atom. The van der Waals surface area contributed by atoms with Gasteiger partial charge in [0.05, 0.1) is 14.2 Å². The highest BCUT2D eigenvalue weighted by atomic mass is 16.5. The van der Waals surface area contributed by atoms with E-state index in [0.717, 1.165) is 0 Å². The fourth-order valence-corrected chi connectivity index (χ4v) is 2.22. The van der Waals surface area contributed by atoms with Crippen molar-refractivity contribution < 1.29 is 24.2 Å². The number of hydrogen-bond donors (Lipinski definition) is 1. The van der Waals surface area contributed by atoms with Crippen molar-refractivity contribution in [3.05, 3.63) is 23.8 Å². The Bertz CT molecular complexity index is 517. The number of aliphatic carboxylic acids is 1. The van der Waals surface area contributed by atoms with Crippen LogP contribution in [0.2, 0.25) is 0 Å². The Morgan fingerprint density at radius 1 is 1.38 bits per heavy atom. The molecule has 0 heterocycles. The van der Waals surface area contributed by atoms with Crippen LogP contribution < -0.4 is 9.47 Å². The fraction of sp³-hybridized carbons (Fsp3) is 0.467. The summed E-state index contributed by atoms with van der Waals surface area (Å²) in [6, 6.07) is 4.86. The molecular weight excluding hydrogens is 274 g/mol. The van der Waals surface area contributed by atoms with E-state index in [9.17, 15) is 14.7 Å². The Balaban J connectivity index is 3.47. The first-order chi connectivity index (χ1) is 9.95. The Morgan fingerprint density at radius 2 is 2.05 bits per heavy atom. The van der Waals surface area contributed by atoms with Gasteiger partial charge in [-0.1, -0.05) is 6.92 Å². The largest absolute Gasteiger partial charge is 0.497 e. The molecule has 6 heteroatoms. The van der Waals surface area contributed by atoms with E-state index in [1.54, 1.807) is 18.2 Å². The molecule has 6 nitrogen and oxygen atoms in total. The molecule has 0 aromatic heterocycles.